The Labute approximate surface area is 251 Å². The third-order valence-electron chi connectivity index (χ3n) is 8.07. The maximum Gasteiger partial charge on any atom is 0.473 e. The van der Waals surface area contributed by atoms with E-state index in [-0.39, 0.29) is 6.23 Å². The Bertz CT molecular complexity index is 528. The monoisotopic (exact) mass is 590 g/mol. The Morgan fingerprint density at radius 3 is 1.27 bits per heavy atom. The molecule has 242 valence electrons. The van der Waals surface area contributed by atoms with Crippen molar-refractivity contribution in [3.8, 4) is 0 Å². The van der Waals surface area contributed by atoms with Crippen molar-refractivity contribution < 1.29 is 18.5 Å². The first-order valence-corrected chi connectivity index (χ1v) is 19.4. The molecule has 0 fully saturated rings. The highest BCUT2D eigenvalue weighted by atomic mass is 31.2. The van der Waals surface area contributed by atoms with Crippen molar-refractivity contribution in [2.75, 3.05) is 19.7 Å². The van der Waals surface area contributed by atoms with Gasteiger partial charge in [-0.3, -0.25) is 13.9 Å². The fourth-order valence-electron chi connectivity index (χ4n) is 5.40. The molecular weight excluding hydrogens is 517 g/mol. The maximum absolute atomic E-state index is 13.0. The van der Waals surface area contributed by atoms with Crippen LogP contribution in [-0.2, 0) is 13.6 Å². The number of phosphoric acid groups is 1. The van der Waals surface area contributed by atoms with Crippen LogP contribution in [0, 0.1) is 0 Å². The Hall–Kier alpha value is 0.0700. The minimum atomic E-state index is -4.07. The summed E-state index contributed by atoms with van der Waals surface area (Å²) in [5.41, 5.74) is 0. The number of phosphoric ester groups is 1. The molecule has 0 aromatic carbocycles. The lowest BCUT2D eigenvalue weighted by Gasteiger charge is -2.32. The van der Waals surface area contributed by atoms with Gasteiger partial charge < -0.3 is 4.89 Å². The van der Waals surface area contributed by atoms with E-state index in [0.29, 0.717) is 6.61 Å². The van der Waals surface area contributed by atoms with Crippen LogP contribution in [0.4, 0.5) is 0 Å². The highest BCUT2D eigenvalue weighted by Crippen LogP contribution is 2.46. The molecule has 0 heterocycles. The first-order chi connectivity index (χ1) is 19.5. The van der Waals surface area contributed by atoms with E-state index >= 15 is 0 Å². The lowest BCUT2D eigenvalue weighted by Crippen LogP contribution is -2.38. The lowest BCUT2D eigenvalue weighted by atomic mass is 10.1. The number of nitrogens with zero attached hydrogens (tertiary/aromatic N) is 1. The van der Waals surface area contributed by atoms with Gasteiger partial charge in [-0.25, -0.2) is 4.57 Å². The topological polar surface area (TPSA) is 59.0 Å². The summed E-state index contributed by atoms with van der Waals surface area (Å²) in [6.07, 6.45) is 31.3. The molecule has 0 aromatic rings. The number of rotatable bonds is 33. The van der Waals surface area contributed by atoms with Gasteiger partial charge in [0.1, 0.15) is 6.23 Å². The van der Waals surface area contributed by atoms with Crippen molar-refractivity contribution >= 4 is 7.82 Å². The molecule has 0 radical (unpaired) electrons. The molecule has 0 spiro atoms. The summed E-state index contributed by atoms with van der Waals surface area (Å²) in [5.74, 6) is 0. The molecule has 0 bridgehead atoms. The third kappa shape index (κ3) is 26.9. The predicted molar refractivity (Wildman–Crippen MR) is 175 cm³/mol. The van der Waals surface area contributed by atoms with Crippen molar-refractivity contribution in [3.05, 3.63) is 0 Å². The molecule has 0 aliphatic rings. The van der Waals surface area contributed by atoms with Crippen molar-refractivity contribution in [2.24, 2.45) is 0 Å². The van der Waals surface area contributed by atoms with Crippen LogP contribution in [0.1, 0.15) is 195 Å². The maximum atomic E-state index is 13.0. The third-order valence-corrected chi connectivity index (χ3v) is 9.09. The Morgan fingerprint density at radius 2 is 0.875 bits per heavy atom. The first kappa shape index (κ1) is 40.1. The van der Waals surface area contributed by atoms with Gasteiger partial charge >= 0.3 is 7.82 Å². The predicted octanol–water partition coefficient (Wildman–Crippen LogP) is 12.0. The fraction of sp³-hybridized carbons (Fsp3) is 1.00. The van der Waals surface area contributed by atoms with Gasteiger partial charge in [-0.15, -0.1) is 0 Å². The Morgan fingerprint density at radius 1 is 0.525 bits per heavy atom. The summed E-state index contributed by atoms with van der Waals surface area (Å²) >= 11 is 0. The highest BCUT2D eigenvalue weighted by molar-refractivity contribution is 7.47. The zero-order chi connectivity index (χ0) is 29.6. The second kappa shape index (κ2) is 30.5. The first-order valence-electron chi connectivity index (χ1n) is 17.9. The summed E-state index contributed by atoms with van der Waals surface area (Å²) < 4.78 is 24.3. The van der Waals surface area contributed by atoms with Crippen LogP contribution >= 0.6 is 7.82 Å². The minimum Gasteiger partial charge on any atom is -0.302 e. The molecule has 5 nitrogen and oxygen atoms in total. The average Bonchev–Trinajstić information content (AvgIpc) is 2.94. The minimum absolute atomic E-state index is 0.304. The van der Waals surface area contributed by atoms with Gasteiger partial charge in [-0.1, -0.05) is 163 Å². The molecule has 2 unspecified atom stereocenters. The van der Waals surface area contributed by atoms with Crippen molar-refractivity contribution in [1.82, 2.24) is 4.90 Å². The molecule has 2 atom stereocenters. The standard InChI is InChI=1S/C34H72NO4P/c1-5-9-13-16-19-21-24-27-31-35(32-28-25-22-20-17-14-10-6-2)34(30-12-8-4)39-40(36,37)38-33-29-26-23-18-15-11-7-3/h34H,5-33H2,1-4H3,(H,36,37). The van der Waals surface area contributed by atoms with Gasteiger partial charge in [0.15, 0.2) is 0 Å². The summed E-state index contributed by atoms with van der Waals surface area (Å²) in [5, 5.41) is 0. The summed E-state index contributed by atoms with van der Waals surface area (Å²) in [6.45, 7) is 11.1. The number of hydrogen-bond donors (Lipinski definition) is 1. The van der Waals surface area contributed by atoms with Gasteiger partial charge in [0.2, 0.25) is 0 Å². The van der Waals surface area contributed by atoms with E-state index in [1.807, 2.05) is 0 Å². The smallest absolute Gasteiger partial charge is 0.302 e. The number of unbranched alkanes of at least 4 members (excludes halogenated alkanes) is 21. The van der Waals surface area contributed by atoms with Gasteiger partial charge in [0, 0.05) is 13.1 Å². The second-order valence-corrected chi connectivity index (χ2v) is 13.5. The average molecular weight is 590 g/mol. The Balaban J connectivity index is 4.78. The van der Waals surface area contributed by atoms with E-state index in [0.717, 1.165) is 58.0 Å². The molecule has 40 heavy (non-hydrogen) atoms. The molecule has 1 N–H and O–H groups in total. The van der Waals surface area contributed by atoms with E-state index in [1.165, 1.54) is 122 Å². The highest BCUT2D eigenvalue weighted by Gasteiger charge is 2.30. The zero-order valence-corrected chi connectivity index (χ0v) is 28.5. The summed E-state index contributed by atoms with van der Waals surface area (Å²) in [6, 6.07) is 0. The largest absolute Gasteiger partial charge is 0.473 e. The van der Waals surface area contributed by atoms with E-state index in [2.05, 4.69) is 32.6 Å². The molecule has 0 rings (SSSR count). The van der Waals surface area contributed by atoms with Crippen LogP contribution < -0.4 is 0 Å². The van der Waals surface area contributed by atoms with Gasteiger partial charge in [0.25, 0.3) is 0 Å². The molecule has 0 aromatic heterocycles. The SMILES string of the molecule is CCCCCCCCCCN(CCCCCCCCCC)C(CCCC)OP(=O)(O)OCCCCCCCCC. The molecule has 0 saturated heterocycles. The second-order valence-electron chi connectivity index (χ2n) is 12.1. The van der Waals surface area contributed by atoms with Crippen molar-refractivity contribution in [1.29, 1.82) is 0 Å². The van der Waals surface area contributed by atoms with Crippen LogP contribution in [0.3, 0.4) is 0 Å². The van der Waals surface area contributed by atoms with Crippen LogP contribution in [0.15, 0.2) is 0 Å². The molecular formula is C34H72NO4P. The van der Waals surface area contributed by atoms with E-state index in [9.17, 15) is 9.46 Å². The van der Waals surface area contributed by atoms with Crippen LogP contribution in [0.5, 0.6) is 0 Å². The quantitative estimate of drug-likeness (QED) is 0.0469. The van der Waals surface area contributed by atoms with Gasteiger partial charge in [0.05, 0.1) is 6.61 Å². The van der Waals surface area contributed by atoms with Gasteiger partial charge in [-0.2, -0.15) is 0 Å². The molecule has 0 saturated carbocycles. The number of hydrogen-bond acceptors (Lipinski definition) is 4. The zero-order valence-electron chi connectivity index (χ0n) is 27.6. The Kier molecular flexibility index (Phi) is 30.6. The molecule has 0 amide bonds. The normalized spacial score (nSPS) is 14.2. The lowest BCUT2D eigenvalue weighted by molar-refractivity contribution is -0.0133. The van der Waals surface area contributed by atoms with E-state index < -0.39 is 7.82 Å². The van der Waals surface area contributed by atoms with Crippen molar-refractivity contribution in [2.45, 2.75) is 201 Å². The fourth-order valence-corrected chi connectivity index (χ4v) is 6.37. The molecule has 0 aliphatic carbocycles. The molecule has 6 heteroatoms. The van der Waals surface area contributed by atoms with Crippen LogP contribution in [-0.4, -0.2) is 35.7 Å². The summed E-state index contributed by atoms with van der Waals surface area (Å²) in [4.78, 5) is 13.0. The van der Waals surface area contributed by atoms with Crippen molar-refractivity contribution in [3.63, 3.8) is 0 Å². The van der Waals surface area contributed by atoms with E-state index in [4.69, 9.17) is 9.05 Å². The molecule has 0 aliphatic heterocycles. The van der Waals surface area contributed by atoms with E-state index in [1.54, 1.807) is 0 Å². The van der Waals surface area contributed by atoms with Crippen LogP contribution in [0.2, 0.25) is 0 Å². The van der Waals surface area contributed by atoms with Crippen LogP contribution in [0.25, 0.3) is 0 Å². The van der Waals surface area contributed by atoms with Gasteiger partial charge in [-0.05, 0) is 32.1 Å². The summed E-state index contributed by atoms with van der Waals surface area (Å²) in [7, 11) is -4.07.